The Kier molecular flexibility index (Phi) is 8.11. The smallest absolute Gasteiger partial charge is 0.229 e. The predicted molar refractivity (Wildman–Crippen MR) is 69.2 cm³/mol. The zero-order valence-corrected chi connectivity index (χ0v) is 11.1. The van der Waals surface area contributed by atoms with E-state index >= 15 is 0 Å². The maximum Gasteiger partial charge on any atom is 0.229 e. The molecule has 1 atom stereocenters. The number of ether oxygens (including phenoxy) is 1. The average Bonchev–Trinajstić information content (AvgIpc) is 2.21. The Morgan fingerprint density at radius 1 is 1.38 bits per heavy atom. The molecular formula is C11H22N2O2S. The van der Waals surface area contributed by atoms with Gasteiger partial charge in [-0.2, -0.15) is 0 Å². The zero-order chi connectivity index (χ0) is 12.6. The number of amides is 1. The largest absolute Gasteiger partial charge is 0.393 e. The van der Waals surface area contributed by atoms with Crippen LogP contribution in [0.15, 0.2) is 0 Å². The van der Waals surface area contributed by atoms with E-state index in [2.05, 4.69) is 19.2 Å². The van der Waals surface area contributed by atoms with E-state index in [1.165, 1.54) is 0 Å². The van der Waals surface area contributed by atoms with Gasteiger partial charge in [0.25, 0.3) is 0 Å². The van der Waals surface area contributed by atoms with Gasteiger partial charge in [-0.05, 0) is 19.3 Å². The minimum atomic E-state index is -0.411. The van der Waals surface area contributed by atoms with Gasteiger partial charge in [-0.25, -0.2) is 0 Å². The fourth-order valence-corrected chi connectivity index (χ4v) is 1.06. The van der Waals surface area contributed by atoms with E-state index in [-0.39, 0.29) is 10.9 Å². The molecule has 0 aromatic carbocycles. The highest BCUT2D eigenvalue weighted by Crippen LogP contribution is 1.98. The summed E-state index contributed by atoms with van der Waals surface area (Å²) in [6.07, 6.45) is 1.04. The predicted octanol–water partition coefficient (Wildman–Crippen LogP) is 1.09. The Morgan fingerprint density at radius 3 is 2.50 bits per heavy atom. The van der Waals surface area contributed by atoms with Crippen LogP contribution < -0.4 is 11.1 Å². The lowest BCUT2D eigenvalue weighted by Gasteiger charge is -2.11. The summed E-state index contributed by atoms with van der Waals surface area (Å²) >= 11 is 4.73. The summed E-state index contributed by atoms with van der Waals surface area (Å²) in [4.78, 5) is 11.6. The second-order valence-electron chi connectivity index (χ2n) is 4.21. The Bertz CT molecular complexity index is 232. The second-order valence-corrected chi connectivity index (χ2v) is 4.68. The van der Waals surface area contributed by atoms with E-state index < -0.39 is 5.92 Å². The van der Waals surface area contributed by atoms with Gasteiger partial charge in [-0.3, -0.25) is 4.79 Å². The van der Waals surface area contributed by atoms with Crippen LogP contribution in [0.1, 0.15) is 27.2 Å². The van der Waals surface area contributed by atoms with Gasteiger partial charge in [0, 0.05) is 13.2 Å². The van der Waals surface area contributed by atoms with Crippen LogP contribution in [-0.4, -0.2) is 30.7 Å². The first-order valence-corrected chi connectivity index (χ1v) is 6.00. The lowest BCUT2D eigenvalue weighted by Crippen LogP contribution is -2.37. The van der Waals surface area contributed by atoms with E-state index in [0.29, 0.717) is 19.1 Å². The normalized spacial score (nSPS) is 12.5. The van der Waals surface area contributed by atoms with Crippen molar-refractivity contribution in [3.05, 3.63) is 0 Å². The summed E-state index contributed by atoms with van der Waals surface area (Å²) in [5, 5.41) is 2.72. The van der Waals surface area contributed by atoms with Crippen LogP contribution in [0.4, 0.5) is 0 Å². The first-order valence-electron chi connectivity index (χ1n) is 5.60. The van der Waals surface area contributed by atoms with Crippen molar-refractivity contribution in [1.29, 1.82) is 0 Å². The first kappa shape index (κ1) is 15.3. The number of hydrogen-bond donors (Lipinski definition) is 2. The van der Waals surface area contributed by atoms with E-state index in [1.54, 1.807) is 6.92 Å². The standard InChI is InChI=1S/C11H22N2O2S/c1-8(2)4-6-15-7-5-13-11(14)9(3)10(12)16/h8-9H,4-7H2,1-3H3,(H2,12,16)(H,13,14). The van der Waals surface area contributed by atoms with E-state index in [0.717, 1.165) is 13.0 Å². The number of nitrogens with one attached hydrogen (secondary N) is 1. The summed E-state index contributed by atoms with van der Waals surface area (Å²) in [6.45, 7) is 7.76. The molecule has 5 heteroatoms. The molecule has 0 aromatic heterocycles. The molecule has 0 aliphatic heterocycles. The molecule has 0 aromatic rings. The molecule has 0 radical (unpaired) electrons. The number of carbonyl (C=O) groups is 1. The molecule has 16 heavy (non-hydrogen) atoms. The summed E-state index contributed by atoms with van der Waals surface area (Å²) in [5.41, 5.74) is 5.36. The van der Waals surface area contributed by atoms with Crippen molar-refractivity contribution in [3.63, 3.8) is 0 Å². The molecule has 94 valence electrons. The highest BCUT2D eigenvalue weighted by Gasteiger charge is 2.14. The van der Waals surface area contributed by atoms with Crippen molar-refractivity contribution < 1.29 is 9.53 Å². The average molecular weight is 246 g/mol. The van der Waals surface area contributed by atoms with Gasteiger partial charge >= 0.3 is 0 Å². The third-order valence-electron chi connectivity index (χ3n) is 2.21. The monoisotopic (exact) mass is 246 g/mol. The molecule has 0 fully saturated rings. The molecule has 1 unspecified atom stereocenters. The topological polar surface area (TPSA) is 64.3 Å². The van der Waals surface area contributed by atoms with Crippen molar-refractivity contribution in [2.75, 3.05) is 19.8 Å². The highest BCUT2D eigenvalue weighted by atomic mass is 32.1. The van der Waals surface area contributed by atoms with Gasteiger partial charge in [0.2, 0.25) is 5.91 Å². The molecule has 3 N–H and O–H groups in total. The Balaban J connectivity index is 3.45. The lowest BCUT2D eigenvalue weighted by molar-refractivity contribution is -0.122. The third kappa shape index (κ3) is 7.59. The zero-order valence-electron chi connectivity index (χ0n) is 10.3. The molecule has 1 amide bonds. The molecule has 0 saturated carbocycles. The van der Waals surface area contributed by atoms with Gasteiger partial charge < -0.3 is 15.8 Å². The fraction of sp³-hybridized carbons (Fsp3) is 0.818. The van der Waals surface area contributed by atoms with Crippen molar-refractivity contribution in [2.24, 2.45) is 17.6 Å². The van der Waals surface area contributed by atoms with Crippen molar-refractivity contribution in [1.82, 2.24) is 5.32 Å². The maximum absolute atomic E-state index is 11.4. The van der Waals surface area contributed by atoms with Gasteiger partial charge in [0.05, 0.1) is 17.5 Å². The summed E-state index contributed by atoms with van der Waals surface area (Å²) in [5.74, 6) is 0.0925. The van der Waals surface area contributed by atoms with Crippen LogP contribution in [0.3, 0.4) is 0 Å². The number of hydrogen-bond acceptors (Lipinski definition) is 3. The van der Waals surface area contributed by atoms with Crippen LogP contribution in [0, 0.1) is 11.8 Å². The fourth-order valence-electron chi connectivity index (χ4n) is 0.950. The van der Waals surface area contributed by atoms with Crippen LogP contribution in [0.5, 0.6) is 0 Å². The summed E-state index contributed by atoms with van der Waals surface area (Å²) < 4.78 is 5.36. The molecule has 0 aliphatic rings. The Hall–Kier alpha value is -0.680. The quantitative estimate of drug-likeness (QED) is 0.497. The number of thiocarbonyl (C=S) groups is 1. The van der Waals surface area contributed by atoms with Gasteiger partial charge in [0.15, 0.2) is 0 Å². The number of rotatable bonds is 8. The highest BCUT2D eigenvalue weighted by molar-refractivity contribution is 7.80. The Morgan fingerprint density at radius 2 is 2.00 bits per heavy atom. The van der Waals surface area contributed by atoms with Crippen molar-refractivity contribution in [3.8, 4) is 0 Å². The summed E-state index contributed by atoms with van der Waals surface area (Å²) in [7, 11) is 0. The molecule has 0 aliphatic carbocycles. The number of carbonyl (C=O) groups excluding carboxylic acids is 1. The summed E-state index contributed by atoms with van der Waals surface area (Å²) in [6, 6.07) is 0. The maximum atomic E-state index is 11.4. The van der Waals surface area contributed by atoms with Crippen molar-refractivity contribution >= 4 is 23.1 Å². The van der Waals surface area contributed by atoms with Gasteiger partial charge in [-0.1, -0.05) is 26.1 Å². The van der Waals surface area contributed by atoms with Crippen molar-refractivity contribution in [2.45, 2.75) is 27.2 Å². The SMILES string of the molecule is CC(C)CCOCCNC(=O)C(C)C(N)=S. The second kappa shape index (κ2) is 8.47. The number of nitrogens with two attached hydrogens (primary N) is 1. The van der Waals surface area contributed by atoms with Crippen LogP contribution in [-0.2, 0) is 9.53 Å². The Labute approximate surface area is 103 Å². The van der Waals surface area contributed by atoms with Gasteiger partial charge in [-0.15, -0.1) is 0 Å². The minimum absolute atomic E-state index is 0.139. The van der Waals surface area contributed by atoms with E-state index in [1.807, 2.05) is 0 Å². The van der Waals surface area contributed by atoms with Crippen LogP contribution >= 0.6 is 12.2 Å². The molecule has 0 bridgehead atoms. The van der Waals surface area contributed by atoms with E-state index in [4.69, 9.17) is 22.7 Å². The van der Waals surface area contributed by atoms with Gasteiger partial charge in [0.1, 0.15) is 0 Å². The molecule has 0 heterocycles. The third-order valence-corrected chi connectivity index (χ3v) is 2.56. The molecule has 0 spiro atoms. The molecular weight excluding hydrogens is 224 g/mol. The minimum Gasteiger partial charge on any atom is -0.393 e. The van der Waals surface area contributed by atoms with Crippen LogP contribution in [0.2, 0.25) is 0 Å². The molecule has 0 rings (SSSR count). The molecule has 4 nitrogen and oxygen atoms in total. The first-order chi connectivity index (χ1) is 7.45. The lowest BCUT2D eigenvalue weighted by atomic mass is 10.1. The van der Waals surface area contributed by atoms with Crippen LogP contribution in [0.25, 0.3) is 0 Å². The molecule has 0 saturated heterocycles. The van der Waals surface area contributed by atoms with E-state index in [9.17, 15) is 4.79 Å².